The standard InChI is InChI=1S/C8H18O3/c1-4-5-8(11,6-9)7(2,3)10/h9-11H,4-6H2,1-3H3. The molecule has 1 unspecified atom stereocenters. The molecule has 0 bridgehead atoms. The quantitative estimate of drug-likeness (QED) is 0.556. The number of aliphatic hydroxyl groups is 3. The van der Waals surface area contributed by atoms with Crippen molar-refractivity contribution in [2.75, 3.05) is 6.61 Å². The Morgan fingerprint density at radius 1 is 1.18 bits per heavy atom. The van der Waals surface area contributed by atoms with Crippen molar-refractivity contribution in [1.29, 1.82) is 0 Å². The molecular weight excluding hydrogens is 144 g/mol. The Hall–Kier alpha value is -0.120. The molecule has 0 aliphatic rings. The van der Waals surface area contributed by atoms with Crippen molar-refractivity contribution in [3.63, 3.8) is 0 Å². The Morgan fingerprint density at radius 3 is 1.73 bits per heavy atom. The molecule has 0 aliphatic carbocycles. The smallest absolute Gasteiger partial charge is 0.116 e. The molecule has 68 valence electrons. The van der Waals surface area contributed by atoms with Crippen LogP contribution in [0.1, 0.15) is 33.6 Å². The minimum absolute atomic E-state index is 0.398. The first kappa shape index (κ1) is 10.9. The van der Waals surface area contributed by atoms with E-state index in [2.05, 4.69) is 0 Å². The first-order valence-corrected chi connectivity index (χ1v) is 3.93. The molecule has 3 N–H and O–H groups in total. The third-order valence-electron chi connectivity index (χ3n) is 2.06. The SMILES string of the molecule is CCCC(O)(CO)C(C)(C)O. The van der Waals surface area contributed by atoms with Crippen LogP contribution in [0.5, 0.6) is 0 Å². The van der Waals surface area contributed by atoms with Gasteiger partial charge in [-0.1, -0.05) is 13.3 Å². The van der Waals surface area contributed by atoms with Crippen molar-refractivity contribution < 1.29 is 15.3 Å². The van der Waals surface area contributed by atoms with Gasteiger partial charge in [-0.15, -0.1) is 0 Å². The lowest BCUT2D eigenvalue weighted by Crippen LogP contribution is -2.52. The Labute approximate surface area is 67.7 Å². The fourth-order valence-electron chi connectivity index (χ4n) is 0.992. The largest absolute Gasteiger partial charge is 0.393 e. The van der Waals surface area contributed by atoms with Gasteiger partial charge in [-0.05, 0) is 20.3 Å². The normalized spacial score (nSPS) is 18.0. The van der Waals surface area contributed by atoms with Crippen molar-refractivity contribution in [2.24, 2.45) is 0 Å². The van der Waals surface area contributed by atoms with Crippen LogP contribution in [0.2, 0.25) is 0 Å². The van der Waals surface area contributed by atoms with Crippen molar-refractivity contribution in [3.05, 3.63) is 0 Å². The Bertz CT molecular complexity index is 117. The number of rotatable bonds is 4. The maximum Gasteiger partial charge on any atom is 0.116 e. The number of hydrogen-bond acceptors (Lipinski definition) is 3. The Kier molecular flexibility index (Phi) is 3.48. The van der Waals surface area contributed by atoms with E-state index in [0.29, 0.717) is 6.42 Å². The molecule has 3 heteroatoms. The molecule has 0 amide bonds. The van der Waals surface area contributed by atoms with Crippen LogP contribution < -0.4 is 0 Å². The third-order valence-corrected chi connectivity index (χ3v) is 2.06. The predicted molar refractivity (Wildman–Crippen MR) is 43.2 cm³/mol. The van der Waals surface area contributed by atoms with Gasteiger partial charge in [-0.3, -0.25) is 0 Å². The van der Waals surface area contributed by atoms with Crippen molar-refractivity contribution >= 4 is 0 Å². The van der Waals surface area contributed by atoms with Gasteiger partial charge in [0.2, 0.25) is 0 Å². The van der Waals surface area contributed by atoms with E-state index in [0.717, 1.165) is 6.42 Å². The highest BCUT2D eigenvalue weighted by atomic mass is 16.4. The van der Waals surface area contributed by atoms with E-state index in [-0.39, 0.29) is 0 Å². The monoisotopic (exact) mass is 162 g/mol. The zero-order chi connectivity index (χ0) is 9.12. The summed E-state index contributed by atoms with van der Waals surface area (Å²) in [5.74, 6) is 0. The van der Waals surface area contributed by atoms with Gasteiger partial charge in [0.05, 0.1) is 12.2 Å². The van der Waals surface area contributed by atoms with Crippen LogP contribution in [0.3, 0.4) is 0 Å². The fourth-order valence-corrected chi connectivity index (χ4v) is 0.992. The van der Waals surface area contributed by atoms with Gasteiger partial charge in [0.25, 0.3) is 0 Å². The van der Waals surface area contributed by atoms with Crippen LogP contribution in [0.15, 0.2) is 0 Å². The zero-order valence-corrected chi connectivity index (χ0v) is 7.46. The first-order valence-electron chi connectivity index (χ1n) is 3.93. The molecule has 1 atom stereocenters. The van der Waals surface area contributed by atoms with Gasteiger partial charge < -0.3 is 15.3 Å². The first-order chi connectivity index (χ1) is 4.87. The lowest BCUT2D eigenvalue weighted by Gasteiger charge is -2.37. The summed E-state index contributed by atoms with van der Waals surface area (Å²) in [5, 5.41) is 28.0. The van der Waals surface area contributed by atoms with Gasteiger partial charge >= 0.3 is 0 Å². The van der Waals surface area contributed by atoms with Crippen molar-refractivity contribution in [3.8, 4) is 0 Å². The van der Waals surface area contributed by atoms with E-state index < -0.39 is 17.8 Å². The summed E-state index contributed by atoms with van der Waals surface area (Å²) >= 11 is 0. The highest BCUT2D eigenvalue weighted by molar-refractivity contribution is 4.92. The number of hydrogen-bond donors (Lipinski definition) is 3. The molecule has 0 aliphatic heterocycles. The van der Waals surface area contributed by atoms with Crippen LogP contribution in [-0.4, -0.2) is 33.1 Å². The molecule has 0 rings (SSSR count). The van der Waals surface area contributed by atoms with Crippen molar-refractivity contribution in [2.45, 2.75) is 44.8 Å². The van der Waals surface area contributed by atoms with Crippen molar-refractivity contribution in [1.82, 2.24) is 0 Å². The summed E-state index contributed by atoms with van der Waals surface area (Å²) < 4.78 is 0. The highest BCUT2D eigenvalue weighted by Gasteiger charge is 2.40. The topological polar surface area (TPSA) is 60.7 Å². The summed E-state index contributed by atoms with van der Waals surface area (Å²) in [6.07, 6.45) is 1.15. The summed E-state index contributed by atoms with van der Waals surface area (Å²) in [7, 11) is 0. The van der Waals surface area contributed by atoms with Crippen LogP contribution in [0.4, 0.5) is 0 Å². The van der Waals surface area contributed by atoms with Gasteiger partial charge in [0.15, 0.2) is 0 Å². The Morgan fingerprint density at radius 2 is 1.64 bits per heavy atom. The molecule has 3 nitrogen and oxygen atoms in total. The molecular formula is C8H18O3. The van der Waals surface area contributed by atoms with Gasteiger partial charge in [-0.2, -0.15) is 0 Å². The predicted octanol–water partition coefficient (Wildman–Crippen LogP) is 0.281. The third kappa shape index (κ3) is 2.43. The minimum Gasteiger partial charge on any atom is -0.393 e. The molecule has 0 spiro atoms. The van der Waals surface area contributed by atoms with E-state index in [9.17, 15) is 10.2 Å². The summed E-state index contributed by atoms with van der Waals surface area (Å²) in [6.45, 7) is 4.49. The molecule has 11 heavy (non-hydrogen) atoms. The Balaban J connectivity index is 4.33. The zero-order valence-electron chi connectivity index (χ0n) is 7.46. The molecule has 0 radical (unpaired) electrons. The summed E-state index contributed by atoms with van der Waals surface area (Å²) in [6, 6.07) is 0. The van der Waals surface area contributed by atoms with E-state index in [1.54, 1.807) is 0 Å². The van der Waals surface area contributed by atoms with Gasteiger partial charge in [0.1, 0.15) is 5.60 Å². The minimum atomic E-state index is -1.36. The maximum absolute atomic E-state index is 9.66. The molecule has 0 saturated heterocycles. The van der Waals surface area contributed by atoms with E-state index in [1.807, 2.05) is 6.92 Å². The molecule has 0 aromatic carbocycles. The van der Waals surface area contributed by atoms with Crippen LogP contribution in [0.25, 0.3) is 0 Å². The molecule has 0 heterocycles. The number of aliphatic hydroxyl groups excluding tert-OH is 1. The molecule has 0 saturated carbocycles. The van der Waals surface area contributed by atoms with Gasteiger partial charge in [-0.25, -0.2) is 0 Å². The lowest BCUT2D eigenvalue weighted by molar-refractivity contribution is -0.157. The second-order valence-electron chi connectivity index (χ2n) is 3.50. The fraction of sp³-hybridized carbons (Fsp3) is 1.00. The van der Waals surface area contributed by atoms with Crippen LogP contribution in [-0.2, 0) is 0 Å². The lowest BCUT2D eigenvalue weighted by atomic mass is 9.83. The average molecular weight is 162 g/mol. The second-order valence-corrected chi connectivity index (χ2v) is 3.50. The average Bonchev–Trinajstić information content (AvgIpc) is 1.86. The maximum atomic E-state index is 9.66. The van der Waals surface area contributed by atoms with E-state index in [1.165, 1.54) is 13.8 Å². The highest BCUT2D eigenvalue weighted by Crippen LogP contribution is 2.25. The van der Waals surface area contributed by atoms with E-state index in [4.69, 9.17) is 5.11 Å². The summed E-state index contributed by atoms with van der Waals surface area (Å²) in [4.78, 5) is 0. The molecule has 0 aromatic rings. The molecule has 0 fully saturated rings. The van der Waals surface area contributed by atoms with Gasteiger partial charge in [0, 0.05) is 0 Å². The molecule has 0 aromatic heterocycles. The van der Waals surface area contributed by atoms with Crippen LogP contribution >= 0.6 is 0 Å². The van der Waals surface area contributed by atoms with E-state index >= 15 is 0 Å². The second kappa shape index (κ2) is 3.52. The van der Waals surface area contributed by atoms with Crippen LogP contribution in [0, 0.1) is 0 Å². The summed E-state index contributed by atoms with van der Waals surface area (Å²) in [5.41, 5.74) is -2.60.